The molecule has 1 unspecified atom stereocenters. The van der Waals surface area contributed by atoms with Crippen molar-refractivity contribution < 1.29 is 18.3 Å². The topological polar surface area (TPSA) is 93.5 Å². The highest BCUT2D eigenvalue weighted by molar-refractivity contribution is 7.89. The Balaban J connectivity index is 2.67. The minimum absolute atomic E-state index is 0.0845. The summed E-state index contributed by atoms with van der Waals surface area (Å²) in [6.45, 7) is 2.45. The van der Waals surface area contributed by atoms with Crippen molar-refractivity contribution in [3.8, 4) is 0 Å². The van der Waals surface area contributed by atoms with Crippen molar-refractivity contribution in [1.82, 2.24) is 14.5 Å². The van der Waals surface area contributed by atoms with E-state index in [9.17, 15) is 8.42 Å². The summed E-state index contributed by atoms with van der Waals surface area (Å²) in [5.74, 6) is 0. The van der Waals surface area contributed by atoms with Crippen molar-refractivity contribution in [3.63, 3.8) is 0 Å². The van der Waals surface area contributed by atoms with E-state index in [4.69, 9.17) is 9.84 Å². The van der Waals surface area contributed by atoms with Gasteiger partial charge < -0.3 is 9.84 Å². The van der Waals surface area contributed by atoms with Crippen molar-refractivity contribution in [2.24, 2.45) is 0 Å². The number of methoxy groups -OCH3 is 1. The summed E-state index contributed by atoms with van der Waals surface area (Å²) >= 11 is 0. The second-order valence-electron chi connectivity index (χ2n) is 3.97. The van der Waals surface area contributed by atoms with E-state index in [0.29, 0.717) is 13.0 Å². The van der Waals surface area contributed by atoms with Gasteiger partial charge in [0.15, 0.2) is 0 Å². The molecule has 1 rings (SSSR count). The number of hydrogen-bond acceptors (Lipinski definition) is 5. The maximum absolute atomic E-state index is 12.0. The molecule has 0 aliphatic rings. The van der Waals surface area contributed by atoms with E-state index in [2.05, 4.69) is 9.82 Å². The van der Waals surface area contributed by atoms with E-state index in [1.165, 1.54) is 17.1 Å². The first-order valence-electron chi connectivity index (χ1n) is 5.64. The van der Waals surface area contributed by atoms with Crippen LogP contribution in [0.1, 0.15) is 13.3 Å². The first-order chi connectivity index (χ1) is 8.49. The molecule has 0 radical (unpaired) electrons. The molecule has 104 valence electrons. The molecule has 0 spiro atoms. The molecule has 0 aliphatic carbocycles. The highest BCUT2D eigenvalue weighted by Crippen LogP contribution is 2.08. The van der Waals surface area contributed by atoms with Gasteiger partial charge >= 0.3 is 0 Å². The summed E-state index contributed by atoms with van der Waals surface area (Å²) in [7, 11) is -1.99. The molecule has 0 aliphatic heterocycles. The van der Waals surface area contributed by atoms with E-state index in [-0.39, 0.29) is 24.1 Å². The number of aliphatic hydroxyl groups excluding tert-OH is 1. The standard InChI is InChI=1S/C10H19N3O4S/c1-9(3-6-17-2)12-18(15,16)10-7-11-13(8-10)4-5-14/h7-9,12,14H,3-6H2,1-2H3. The lowest BCUT2D eigenvalue weighted by Gasteiger charge is -2.12. The molecule has 0 bridgehead atoms. The van der Waals surface area contributed by atoms with Crippen molar-refractivity contribution in [3.05, 3.63) is 12.4 Å². The molecule has 0 saturated heterocycles. The Kier molecular flexibility index (Phi) is 5.73. The van der Waals surface area contributed by atoms with Gasteiger partial charge in [-0.05, 0) is 13.3 Å². The quantitative estimate of drug-likeness (QED) is 0.673. The summed E-state index contributed by atoms with van der Waals surface area (Å²) in [6.07, 6.45) is 3.25. The van der Waals surface area contributed by atoms with Crippen molar-refractivity contribution in [2.45, 2.75) is 30.8 Å². The summed E-state index contributed by atoms with van der Waals surface area (Å²) < 4.78 is 32.7. The molecule has 0 saturated carbocycles. The van der Waals surface area contributed by atoms with Gasteiger partial charge in [-0.1, -0.05) is 0 Å². The molecule has 2 N–H and O–H groups in total. The van der Waals surface area contributed by atoms with Crippen LogP contribution in [-0.2, 0) is 21.3 Å². The SMILES string of the molecule is COCCC(C)NS(=O)(=O)c1cnn(CCO)c1. The minimum Gasteiger partial charge on any atom is -0.394 e. The number of nitrogens with one attached hydrogen (secondary N) is 1. The fourth-order valence-corrected chi connectivity index (χ4v) is 2.62. The molecule has 1 heterocycles. The Labute approximate surface area is 107 Å². The van der Waals surface area contributed by atoms with E-state index >= 15 is 0 Å². The van der Waals surface area contributed by atoms with Gasteiger partial charge in [-0.25, -0.2) is 13.1 Å². The molecule has 8 heteroatoms. The zero-order chi connectivity index (χ0) is 13.6. The number of nitrogens with zero attached hydrogens (tertiary/aromatic N) is 2. The highest BCUT2D eigenvalue weighted by Gasteiger charge is 2.19. The largest absolute Gasteiger partial charge is 0.394 e. The second-order valence-corrected chi connectivity index (χ2v) is 5.68. The third-order valence-corrected chi connectivity index (χ3v) is 3.90. The number of hydrogen-bond donors (Lipinski definition) is 2. The fraction of sp³-hybridized carbons (Fsp3) is 0.700. The Hall–Kier alpha value is -0.960. The van der Waals surface area contributed by atoms with Gasteiger partial charge in [-0.15, -0.1) is 0 Å². The van der Waals surface area contributed by atoms with Gasteiger partial charge in [0.25, 0.3) is 0 Å². The molecular formula is C10H19N3O4S. The number of aliphatic hydroxyl groups is 1. The molecule has 0 fully saturated rings. The third kappa shape index (κ3) is 4.37. The van der Waals surface area contributed by atoms with Crippen molar-refractivity contribution >= 4 is 10.0 Å². The zero-order valence-corrected chi connectivity index (χ0v) is 11.4. The van der Waals surface area contributed by atoms with Crippen LogP contribution in [0.4, 0.5) is 0 Å². The van der Waals surface area contributed by atoms with Crippen LogP contribution in [0.15, 0.2) is 17.3 Å². The maximum Gasteiger partial charge on any atom is 0.243 e. The predicted octanol–water partition coefficient (Wildman–Crippen LogP) is -0.421. The monoisotopic (exact) mass is 277 g/mol. The van der Waals surface area contributed by atoms with Crippen LogP contribution >= 0.6 is 0 Å². The maximum atomic E-state index is 12.0. The number of sulfonamides is 1. The van der Waals surface area contributed by atoms with Gasteiger partial charge in [0, 0.05) is 26.0 Å². The Bertz CT molecular complexity index is 457. The van der Waals surface area contributed by atoms with Crippen LogP contribution < -0.4 is 4.72 Å². The van der Waals surface area contributed by atoms with Gasteiger partial charge in [0.05, 0.1) is 19.3 Å². The third-order valence-electron chi connectivity index (χ3n) is 2.36. The Morgan fingerprint density at radius 1 is 1.61 bits per heavy atom. The van der Waals surface area contributed by atoms with Gasteiger partial charge in [-0.3, -0.25) is 4.68 Å². The average molecular weight is 277 g/mol. The zero-order valence-electron chi connectivity index (χ0n) is 10.5. The first-order valence-corrected chi connectivity index (χ1v) is 7.12. The molecule has 1 aromatic heterocycles. The smallest absolute Gasteiger partial charge is 0.243 e. The summed E-state index contributed by atoms with van der Waals surface area (Å²) in [6, 6.07) is -0.212. The lowest BCUT2D eigenvalue weighted by Crippen LogP contribution is -2.33. The van der Waals surface area contributed by atoms with E-state index < -0.39 is 10.0 Å². The van der Waals surface area contributed by atoms with Crippen LogP contribution in [0.25, 0.3) is 0 Å². The molecule has 7 nitrogen and oxygen atoms in total. The van der Waals surface area contributed by atoms with Crippen LogP contribution in [0, 0.1) is 0 Å². The van der Waals surface area contributed by atoms with E-state index in [0.717, 1.165) is 0 Å². The normalized spacial score (nSPS) is 13.7. The summed E-state index contributed by atoms with van der Waals surface area (Å²) in [5.41, 5.74) is 0. The minimum atomic E-state index is -3.56. The van der Waals surface area contributed by atoms with E-state index in [1.54, 1.807) is 14.0 Å². The lowest BCUT2D eigenvalue weighted by molar-refractivity contribution is 0.188. The Morgan fingerprint density at radius 3 is 2.94 bits per heavy atom. The van der Waals surface area contributed by atoms with Gasteiger partial charge in [0.2, 0.25) is 10.0 Å². The van der Waals surface area contributed by atoms with Gasteiger partial charge in [-0.2, -0.15) is 5.10 Å². The van der Waals surface area contributed by atoms with E-state index in [1.807, 2.05) is 0 Å². The van der Waals surface area contributed by atoms with Gasteiger partial charge in [0.1, 0.15) is 4.90 Å². The summed E-state index contributed by atoms with van der Waals surface area (Å²) in [4.78, 5) is 0.0974. The van der Waals surface area contributed by atoms with Crippen LogP contribution in [0.2, 0.25) is 0 Å². The second kappa shape index (κ2) is 6.83. The molecule has 1 atom stereocenters. The number of rotatable bonds is 8. The fourth-order valence-electron chi connectivity index (χ4n) is 1.39. The lowest BCUT2D eigenvalue weighted by atomic mass is 10.3. The number of aromatic nitrogens is 2. The van der Waals surface area contributed by atoms with Crippen molar-refractivity contribution in [1.29, 1.82) is 0 Å². The van der Waals surface area contributed by atoms with Crippen LogP contribution in [0.3, 0.4) is 0 Å². The van der Waals surface area contributed by atoms with Crippen LogP contribution in [-0.4, -0.2) is 49.7 Å². The van der Waals surface area contributed by atoms with Crippen LogP contribution in [0.5, 0.6) is 0 Å². The molecule has 0 amide bonds. The highest BCUT2D eigenvalue weighted by atomic mass is 32.2. The molecule has 1 aromatic rings. The Morgan fingerprint density at radius 2 is 2.33 bits per heavy atom. The average Bonchev–Trinajstić information content (AvgIpc) is 2.75. The first kappa shape index (κ1) is 15.1. The van der Waals surface area contributed by atoms with Crippen molar-refractivity contribution in [2.75, 3.05) is 20.3 Å². The molecule has 0 aromatic carbocycles. The molecular weight excluding hydrogens is 258 g/mol. The summed E-state index contributed by atoms with van der Waals surface area (Å²) in [5, 5.41) is 12.6. The predicted molar refractivity (Wildman–Crippen MR) is 65.6 cm³/mol. The number of ether oxygens (including phenoxy) is 1. The molecule has 18 heavy (non-hydrogen) atoms.